The van der Waals surface area contributed by atoms with Gasteiger partial charge in [-0.3, -0.25) is 4.79 Å². The molecule has 2 heterocycles. The molecule has 1 saturated heterocycles. The summed E-state index contributed by atoms with van der Waals surface area (Å²) in [6, 6.07) is 24.3. The van der Waals surface area contributed by atoms with E-state index < -0.39 is 6.04 Å². The van der Waals surface area contributed by atoms with Crippen molar-refractivity contribution in [2.75, 3.05) is 12.4 Å². The van der Waals surface area contributed by atoms with E-state index in [1.807, 2.05) is 59.5 Å². The van der Waals surface area contributed by atoms with Gasteiger partial charge in [-0.05, 0) is 46.2 Å². The Bertz CT molecular complexity index is 1410. The van der Waals surface area contributed by atoms with Gasteiger partial charge < -0.3 is 9.64 Å². The lowest BCUT2D eigenvalue weighted by Gasteiger charge is -2.24. The number of nitrogens with zero attached hydrogens (tertiary/aromatic N) is 5. The zero-order valence-electron chi connectivity index (χ0n) is 20.1. The second-order valence-electron chi connectivity index (χ2n) is 8.26. The van der Waals surface area contributed by atoms with Gasteiger partial charge in [-0.25, -0.2) is 9.89 Å². The summed E-state index contributed by atoms with van der Waals surface area (Å²) in [7, 11) is 0. The predicted molar refractivity (Wildman–Crippen MR) is 142 cm³/mol. The van der Waals surface area contributed by atoms with Crippen molar-refractivity contribution in [3.63, 3.8) is 0 Å². The minimum Gasteiger partial charge on any atom is -0.464 e. The fraction of sp³-hybridized carbons (Fsp3) is 0.185. The summed E-state index contributed by atoms with van der Waals surface area (Å²) in [6.07, 6.45) is 0. The van der Waals surface area contributed by atoms with Gasteiger partial charge in [0.15, 0.2) is 11.0 Å². The van der Waals surface area contributed by atoms with Crippen LogP contribution in [-0.2, 0) is 16.1 Å². The number of hydrogen-bond acceptors (Lipinski definition) is 7. The van der Waals surface area contributed by atoms with Crippen molar-refractivity contribution < 1.29 is 14.3 Å². The molecule has 3 aromatic carbocycles. The first-order chi connectivity index (χ1) is 18.1. The number of carbonyl (C=O) groups excluding carboxylic acids is 2. The molecule has 4 aromatic rings. The molecule has 1 aliphatic heterocycles. The van der Waals surface area contributed by atoms with Gasteiger partial charge in [-0.2, -0.15) is 4.99 Å². The van der Waals surface area contributed by atoms with Crippen molar-refractivity contribution in [1.82, 2.24) is 25.5 Å². The average Bonchev–Trinajstić information content (AvgIpc) is 3.61. The van der Waals surface area contributed by atoms with Crippen LogP contribution in [0.1, 0.15) is 22.8 Å². The Hall–Kier alpha value is -4.31. The molecule has 1 fully saturated rings. The summed E-state index contributed by atoms with van der Waals surface area (Å²) in [6.45, 7) is 2.48. The van der Waals surface area contributed by atoms with Crippen molar-refractivity contribution in [2.45, 2.75) is 19.5 Å². The first-order valence-corrected chi connectivity index (χ1v) is 12.8. The number of benzene rings is 3. The molecular weight excluding hydrogens is 488 g/mol. The van der Waals surface area contributed by atoms with Crippen molar-refractivity contribution in [3.05, 3.63) is 90.0 Å². The van der Waals surface area contributed by atoms with Crippen LogP contribution in [0.25, 0.3) is 22.5 Å². The second kappa shape index (κ2) is 11.2. The summed E-state index contributed by atoms with van der Waals surface area (Å²) in [5.41, 5.74) is 4.36. The third-order valence-corrected chi connectivity index (χ3v) is 6.98. The minimum absolute atomic E-state index is 0.290. The largest absolute Gasteiger partial charge is 0.464 e. The highest BCUT2D eigenvalue weighted by Crippen LogP contribution is 2.31. The third kappa shape index (κ3) is 5.44. The summed E-state index contributed by atoms with van der Waals surface area (Å²) < 4.78 is 5.30. The van der Waals surface area contributed by atoms with Crippen LogP contribution >= 0.6 is 11.8 Å². The number of amidine groups is 1. The normalized spacial score (nSPS) is 16.2. The van der Waals surface area contributed by atoms with E-state index in [0.717, 1.165) is 22.3 Å². The van der Waals surface area contributed by atoms with Crippen LogP contribution in [0.2, 0.25) is 0 Å². The Morgan fingerprint density at radius 3 is 2.46 bits per heavy atom. The number of aliphatic imine (C=N–C) groups is 1. The number of carbonyl (C=O) groups is 2. The Balaban J connectivity index is 1.41. The third-order valence-electron chi connectivity index (χ3n) is 5.91. The molecular formula is C27H24N6O3S. The van der Waals surface area contributed by atoms with Crippen molar-refractivity contribution in [2.24, 2.45) is 4.99 Å². The number of nitrogens with one attached hydrogen (secondary N) is 1. The molecule has 5 rings (SSSR count). The molecule has 37 heavy (non-hydrogen) atoms. The molecule has 0 saturated carbocycles. The molecule has 1 aromatic heterocycles. The molecule has 10 heteroatoms. The Morgan fingerprint density at radius 2 is 1.76 bits per heavy atom. The summed E-state index contributed by atoms with van der Waals surface area (Å²) >= 11 is 1.39. The van der Waals surface area contributed by atoms with Gasteiger partial charge in [0.1, 0.15) is 6.04 Å². The number of amides is 1. The maximum atomic E-state index is 12.8. The van der Waals surface area contributed by atoms with Crippen LogP contribution in [0, 0.1) is 0 Å². The summed E-state index contributed by atoms with van der Waals surface area (Å²) in [4.78, 5) is 31.7. The van der Waals surface area contributed by atoms with E-state index in [9.17, 15) is 9.59 Å². The second-order valence-corrected chi connectivity index (χ2v) is 9.25. The van der Waals surface area contributed by atoms with E-state index >= 15 is 0 Å². The van der Waals surface area contributed by atoms with Gasteiger partial charge in [0.2, 0.25) is 0 Å². The molecule has 1 atom stereocenters. The molecule has 0 radical (unpaired) electrons. The topological polar surface area (TPSA) is 113 Å². The van der Waals surface area contributed by atoms with Crippen LogP contribution in [-0.4, -0.2) is 61.0 Å². The highest BCUT2D eigenvalue weighted by Gasteiger charge is 2.37. The monoisotopic (exact) mass is 512 g/mol. The smallest absolute Gasteiger partial charge is 0.329 e. The molecule has 0 spiro atoms. The van der Waals surface area contributed by atoms with Gasteiger partial charge in [-0.1, -0.05) is 78.5 Å². The number of hydrogen-bond donors (Lipinski definition) is 1. The summed E-state index contributed by atoms with van der Waals surface area (Å²) in [5, 5.41) is 14.7. The minimum atomic E-state index is -0.522. The van der Waals surface area contributed by atoms with Crippen LogP contribution in [0.5, 0.6) is 0 Å². The lowest BCUT2D eigenvalue weighted by Crippen LogP contribution is -2.40. The first kappa shape index (κ1) is 24.4. The molecule has 1 N–H and O–H groups in total. The fourth-order valence-corrected chi connectivity index (χ4v) is 5.23. The number of tetrazole rings is 1. The zero-order valence-corrected chi connectivity index (χ0v) is 20.9. The Labute approximate surface area is 218 Å². The first-order valence-electron chi connectivity index (χ1n) is 11.8. The van der Waals surface area contributed by atoms with E-state index in [-0.39, 0.29) is 18.5 Å². The fourth-order valence-electron chi connectivity index (χ4n) is 4.10. The number of thioether (sulfide) groups is 1. The Morgan fingerprint density at radius 1 is 1.03 bits per heavy atom. The number of aromatic nitrogens is 4. The molecule has 1 aliphatic rings. The van der Waals surface area contributed by atoms with Crippen LogP contribution < -0.4 is 0 Å². The van der Waals surface area contributed by atoms with Gasteiger partial charge in [-0.15, -0.1) is 5.10 Å². The van der Waals surface area contributed by atoms with Crippen molar-refractivity contribution in [3.8, 4) is 22.5 Å². The Kier molecular flexibility index (Phi) is 7.36. The number of esters is 1. The maximum absolute atomic E-state index is 12.8. The van der Waals surface area contributed by atoms with Crippen molar-refractivity contribution in [1.29, 1.82) is 0 Å². The van der Waals surface area contributed by atoms with Crippen molar-refractivity contribution >= 4 is 28.8 Å². The van der Waals surface area contributed by atoms with E-state index in [2.05, 4.69) is 25.6 Å². The van der Waals surface area contributed by atoms with E-state index in [1.54, 1.807) is 31.2 Å². The lowest BCUT2D eigenvalue weighted by molar-refractivity contribution is -0.147. The maximum Gasteiger partial charge on any atom is 0.329 e. The van der Waals surface area contributed by atoms with E-state index in [1.165, 1.54) is 11.8 Å². The van der Waals surface area contributed by atoms with Gasteiger partial charge >= 0.3 is 5.97 Å². The molecule has 186 valence electrons. The van der Waals surface area contributed by atoms with Crippen LogP contribution in [0.3, 0.4) is 0 Å². The molecule has 1 unspecified atom stereocenters. The standard InChI is InChI=1S/C27H24N6O3S/c1-2-36-26(35)23-17-37-27(28-25(34)20-8-4-3-5-9-20)33(23)16-18-12-14-19(15-13-18)21-10-6-7-11-22(21)24-29-31-32-30-24/h3-15,23H,2,16-17H2,1H3,(H,29,30,31,32). The molecule has 0 bridgehead atoms. The summed E-state index contributed by atoms with van der Waals surface area (Å²) in [5.74, 6) is 0.399. The van der Waals surface area contributed by atoms with Crippen LogP contribution in [0.15, 0.2) is 83.9 Å². The number of ether oxygens (including phenoxy) is 1. The average molecular weight is 513 g/mol. The molecule has 0 aliphatic carbocycles. The van der Waals surface area contributed by atoms with Gasteiger partial charge in [0, 0.05) is 23.4 Å². The zero-order chi connectivity index (χ0) is 25.6. The molecule has 9 nitrogen and oxygen atoms in total. The van der Waals surface area contributed by atoms with Gasteiger partial charge in [0.05, 0.1) is 6.61 Å². The lowest BCUT2D eigenvalue weighted by atomic mass is 9.98. The van der Waals surface area contributed by atoms with Gasteiger partial charge in [0.25, 0.3) is 5.91 Å². The number of aromatic amines is 1. The highest BCUT2D eigenvalue weighted by molar-refractivity contribution is 8.14. The number of rotatable bonds is 7. The van der Waals surface area contributed by atoms with E-state index in [4.69, 9.17) is 4.74 Å². The quantitative estimate of drug-likeness (QED) is 0.367. The predicted octanol–water partition coefficient (Wildman–Crippen LogP) is 4.21. The number of H-pyrrole nitrogens is 1. The van der Waals surface area contributed by atoms with Crippen LogP contribution in [0.4, 0.5) is 0 Å². The molecule has 1 amide bonds. The van der Waals surface area contributed by atoms with E-state index in [0.29, 0.717) is 28.9 Å². The highest BCUT2D eigenvalue weighted by atomic mass is 32.2. The SMILES string of the molecule is CCOC(=O)C1CSC(=NC(=O)c2ccccc2)N1Cc1ccc(-c2ccccc2-c2nnn[nH]2)cc1.